The molecule has 150 valence electrons. The average Bonchev–Trinajstić information content (AvgIpc) is 2.77. The van der Waals surface area contributed by atoms with E-state index >= 15 is 0 Å². The van der Waals surface area contributed by atoms with Crippen LogP contribution in [-0.2, 0) is 0 Å². The predicted octanol–water partition coefficient (Wildman–Crippen LogP) is 7.40. The van der Waals surface area contributed by atoms with E-state index in [1.807, 2.05) is 0 Å². The molecular weight excluding hydrogens is 350 g/mol. The number of hydrogen-bond acceptors (Lipinski definition) is 1. The van der Waals surface area contributed by atoms with Crippen molar-refractivity contribution in [3.8, 4) is 11.8 Å². The minimum absolute atomic E-state index is 0.105. The van der Waals surface area contributed by atoms with Crippen LogP contribution in [0.2, 0.25) is 0 Å². The van der Waals surface area contributed by atoms with E-state index in [9.17, 15) is 0 Å². The summed E-state index contributed by atoms with van der Waals surface area (Å²) < 4.78 is 0. The number of benzene rings is 3. The van der Waals surface area contributed by atoms with E-state index in [1.165, 1.54) is 46.8 Å². The normalized spacial score (nSPS) is 11.7. The molecule has 0 N–H and O–H groups in total. The second-order valence-electron chi connectivity index (χ2n) is 7.54. The van der Waals surface area contributed by atoms with Gasteiger partial charge in [-0.2, -0.15) is 0 Å². The van der Waals surface area contributed by atoms with E-state index in [4.69, 9.17) is 0 Å². The van der Waals surface area contributed by atoms with Crippen LogP contribution in [0.15, 0.2) is 66.7 Å². The lowest BCUT2D eigenvalue weighted by atomic mass is 9.88. The number of hydrogen-bond donors (Lipinski definition) is 0. The molecule has 0 aromatic heterocycles. The molecule has 29 heavy (non-hydrogen) atoms. The molecule has 0 saturated carbocycles. The third-order valence-corrected chi connectivity index (χ3v) is 5.64. The fourth-order valence-corrected chi connectivity index (χ4v) is 3.95. The highest BCUT2D eigenvalue weighted by atomic mass is 15.1. The highest BCUT2D eigenvalue weighted by Gasteiger charge is 2.15. The summed E-state index contributed by atoms with van der Waals surface area (Å²) in [5, 5.41) is 2.58. The molecule has 0 bridgehead atoms. The maximum Gasteiger partial charge on any atom is 0.0708 e. The second-order valence-corrected chi connectivity index (χ2v) is 7.54. The lowest BCUT2D eigenvalue weighted by Crippen LogP contribution is -2.21. The molecule has 0 amide bonds. The Morgan fingerprint density at radius 2 is 1.52 bits per heavy atom. The molecule has 0 aliphatic carbocycles. The maximum absolute atomic E-state index is 3.62. The quantitative estimate of drug-likeness (QED) is 0.289. The van der Waals surface area contributed by atoms with E-state index in [-0.39, 0.29) is 5.92 Å². The van der Waals surface area contributed by atoms with Gasteiger partial charge < -0.3 is 4.90 Å². The second kappa shape index (κ2) is 10.7. The average molecular weight is 384 g/mol. The van der Waals surface area contributed by atoms with Gasteiger partial charge in [-0.25, -0.2) is 0 Å². The Kier molecular flexibility index (Phi) is 7.77. The van der Waals surface area contributed by atoms with Gasteiger partial charge in [0, 0.05) is 25.2 Å². The number of rotatable bonds is 8. The summed E-state index contributed by atoms with van der Waals surface area (Å²) in [6.07, 6.45) is 4.66. The summed E-state index contributed by atoms with van der Waals surface area (Å²) in [5.74, 6) is 7.20. The van der Waals surface area contributed by atoms with E-state index in [0.717, 1.165) is 19.5 Å². The molecule has 0 radical (unpaired) electrons. The Hall–Kier alpha value is -2.72. The van der Waals surface area contributed by atoms with Crippen molar-refractivity contribution in [2.45, 2.75) is 52.4 Å². The van der Waals surface area contributed by atoms with Crippen molar-refractivity contribution >= 4 is 16.5 Å². The number of unbranched alkanes of at least 4 members (excludes halogenated alkanes) is 3. The third-order valence-electron chi connectivity index (χ3n) is 5.64. The molecule has 1 nitrogen and oxygen atoms in total. The van der Waals surface area contributed by atoms with Crippen molar-refractivity contribution in [2.75, 3.05) is 18.0 Å². The number of nitrogens with zero attached hydrogens (tertiary/aromatic N) is 1. The van der Waals surface area contributed by atoms with Crippen molar-refractivity contribution in [1.82, 2.24) is 0 Å². The lowest BCUT2D eigenvalue weighted by molar-refractivity contribution is 0.737. The summed E-state index contributed by atoms with van der Waals surface area (Å²) in [7, 11) is 0. The zero-order valence-electron chi connectivity index (χ0n) is 18.1. The molecule has 0 saturated heterocycles. The topological polar surface area (TPSA) is 3.24 Å². The van der Waals surface area contributed by atoms with Crippen molar-refractivity contribution in [3.63, 3.8) is 0 Å². The molecule has 1 unspecified atom stereocenters. The summed E-state index contributed by atoms with van der Waals surface area (Å²) >= 11 is 0. The van der Waals surface area contributed by atoms with Gasteiger partial charge in [-0.05, 0) is 54.3 Å². The van der Waals surface area contributed by atoms with Gasteiger partial charge in [0.2, 0.25) is 0 Å². The van der Waals surface area contributed by atoms with Crippen LogP contribution in [0.3, 0.4) is 0 Å². The Balaban J connectivity index is 1.99. The number of fused-ring (bicyclic) bond motifs is 1. The molecular formula is C28H33N. The minimum Gasteiger partial charge on any atom is -0.372 e. The first-order valence-corrected chi connectivity index (χ1v) is 11.1. The molecule has 0 spiro atoms. The Labute approximate surface area is 176 Å². The van der Waals surface area contributed by atoms with Gasteiger partial charge in [0.1, 0.15) is 0 Å². The molecule has 0 aliphatic rings. The fourth-order valence-electron chi connectivity index (χ4n) is 3.95. The van der Waals surface area contributed by atoms with Crippen LogP contribution in [0.25, 0.3) is 10.8 Å². The van der Waals surface area contributed by atoms with Gasteiger partial charge >= 0.3 is 0 Å². The van der Waals surface area contributed by atoms with Gasteiger partial charge in [-0.15, -0.1) is 5.92 Å². The molecule has 0 aliphatic heterocycles. The van der Waals surface area contributed by atoms with E-state index < -0.39 is 0 Å². The standard InChI is InChI=1S/C28H33N/c1-4-7-8-9-10-16-27(24-19-21-25(22-20-24)29(5-2)6-3)28-18-13-15-23-14-11-12-17-26(23)28/h11-15,17-22,27H,4-9H2,1-3H3. The predicted molar refractivity (Wildman–Crippen MR) is 128 cm³/mol. The van der Waals surface area contributed by atoms with Crippen LogP contribution in [0.4, 0.5) is 5.69 Å². The van der Waals surface area contributed by atoms with Crippen LogP contribution >= 0.6 is 0 Å². The van der Waals surface area contributed by atoms with Crippen molar-refractivity contribution in [2.24, 2.45) is 0 Å². The highest BCUT2D eigenvalue weighted by Crippen LogP contribution is 2.31. The monoisotopic (exact) mass is 383 g/mol. The zero-order valence-corrected chi connectivity index (χ0v) is 18.1. The Morgan fingerprint density at radius 1 is 0.793 bits per heavy atom. The van der Waals surface area contributed by atoms with Crippen LogP contribution < -0.4 is 4.90 Å². The van der Waals surface area contributed by atoms with Gasteiger partial charge in [0.25, 0.3) is 0 Å². The van der Waals surface area contributed by atoms with Gasteiger partial charge in [0.05, 0.1) is 5.92 Å². The van der Waals surface area contributed by atoms with Gasteiger partial charge in [-0.1, -0.05) is 80.3 Å². The molecule has 3 aromatic rings. The van der Waals surface area contributed by atoms with E-state index in [1.54, 1.807) is 0 Å². The van der Waals surface area contributed by atoms with Gasteiger partial charge in [-0.3, -0.25) is 0 Å². The summed E-state index contributed by atoms with van der Waals surface area (Å²) in [6, 6.07) is 24.3. The van der Waals surface area contributed by atoms with E-state index in [2.05, 4.69) is 104 Å². The molecule has 0 fully saturated rings. The molecule has 3 aromatic carbocycles. The van der Waals surface area contributed by atoms with Crippen LogP contribution in [0.1, 0.15) is 63.5 Å². The largest absolute Gasteiger partial charge is 0.372 e. The smallest absolute Gasteiger partial charge is 0.0708 e. The van der Waals surface area contributed by atoms with Gasteiger partial charge in [0.15, 0.2) is 0 Å². The van der Waals surface area contributed by atoms with Crippen molar-refractivity contribution in [1.29, 1.82) is 0 Å². The summed E-state index contributed by atoms with van der Waals surface area (Å²) in [4.78, 5) is 2.38. The summed E-state index contributed by atoms with van der Waals surface area (Å²) in [6.45, 7) is 8.71. The molecule has 0 heterocycles. The Bertz CT molecular complexity index is 950. The highest BCUT2D eigenvalue weighted by molar-refractivity contribution is 5.87. The number of anilines is 1. The first kappa shape index (κ1) is 21.0. The third kappa shape index (κ3) is 5.21. The SMILES string of the molecule is CCCCCC#CC(c1ccc(N(CC)CC)cc1)c1cccc2ccccc12. The molecule has 3 rings (SSSR count). The first-order chi connectivity index (χ1) is 14.3. The molecule has 1 atom stereocenters. The minimum atomic E-state index is 0.105. The lowest BCUT2D eigenvalue weighted by Gasteiger charge is -2.22. The fraction of sp³-hybridized carbons (Fsp3) is 0.357. The van der Waals surface area contributed by atoms with Crippen LogP contribution in [0, 0.1) is 11.8 Å². The zero-order chi connectivity index (χ0) is 20.5. The van der Waals surface area contributed by atoms with E-state index in [0.29, 0.717) is 0 Å². The molecule has 1 heteroatoms. The summed E-state index contributed by atoms with van der Waals surface area (Å²) in [5.41, 5.74) is 3.87. The Morgan fingerprint density at radius 3 is 2.24 bits per heavy atom. The van der Waals surface area contributed by atoms with Crippen molar-refractivity contribution < 1.29 is 0 Å². The van der Waals surface area contributed by atoms with Crippen molar-refractivity contribution in [3.05, 3.63) is 77.9 Å². The van der Waals surface area contributed by atoms with Crippen LogP contribution in [0.5, 0.6) is 0 Å². The van der Waals surface area contributed by atoms with Crippen LogP contribution in [-0.4, -0.2) is 13.1 Å². The first-order valence-electron chi connectivity index (χ1n) is 11.1. The maximum atomic E-state index is 3.62.